The normalized spacial score (nSPS) is 20.5. The van der Waals surface area contributed by atoms with Crippen molar-refractivity contribution in [3.8, 4) is 11.1 Å². The minimum atomic E-state index is -0.933. The number of alkyl carbamates (subject to hydrolysis) is 1. The summed E-state index contributed by atoms with van der Waals surface area (Å²) in [4.78, 5) is 39.6. The molecule has 7 heteroatoms. The van der Waals surface area contributed by atoms with Crippen LogP contribution in [0.15, 0.2) is 48.5 Å². The van der Waals surface area contributed by atoms with E-state index in [-0.39, 0.29) is 24.3 Å². The topological polar surface area (TPSA) is 95.9 Å². The Hall–Kier alpha value is -3.35. The van der Waals surface area contributed by atoms with Crippen molar-refractivity contribution >= 4 is 18.0 Å². The van der Waals surface area contributed by atoms with Crippen molar-refractivity contribution in [1.29, 1.82) is 0 Å². The van der Waals surface area contributed by atoms with Gasteiger partial charge in [0.2, 0.25) is 5.91 Å². The molecule has 0 bridgehead atoms. The Morgan fingerprint density at radius 2 is 1.66 bits per heavy atom. The van der Waals surface area contributed by atoms with Crippen molar-refractivity contribution in [2.45, 2.75) is 51.0 Å². The highest BCUT2D eigenvalue weighted by Gasteiger charge is 2.54. The number of nitrogens with one attached hydrogen (secondary N) is 1. The number of hydrogen-bond acceptors (Lipinski definition) is 4. The lowest BCUT2D eigenvalue weighted by Gasteiger charge is -2.40. The molecule has 3 aliphatic rings. The molecule has 1 saturated heterocycles. The lowest BCUT2D eigenvalue weighted by atomic mass is 9.74. The highest BCUT2D eigenvalue weighted by molar-refractivity contribution is 5.93. The van der Waals surface area contributed by atoms with Crippen LogP contribution in [0.1, 0.15) is 56.6 Å². The van der Waals surface area contributed by atoms with Gasteiger partial charge in [-0.3, -0.25) is 9.59 Å². The predicted molar refractivity (Wildman–Crippen MR) is 131 cm³/mol. The number of carboxylic acid groups (broad SMARTS) is 1. The fourth-order valence-corrected chi connectivity index (χ4v) is 5.58. The predicted octanol–water partition coefficient (Wildman–Crippen LogP) is 4.41. The molecule has 0 aromatic heterocycles. The van der Waals surface area contributed by atoms with Crippen molar-refractivity contribution in [2.24, 2.45) is 11.3 Å². The number of carboxylic acids is 1. The molecule has 35 heavy (non-hydrogen) atoms. The van der Waals surface area contributed by atoms with Crippen LogP contribution in [0.3, 0.4) is 0 Å². The summed E-state index contributed by atoms with van der Waals surface area (Å²) in [5.74, 6) is -1.14. The third kappa shape index (κ3) is 4.17. The third-order valence-electron chi connectivity index (χ3n) is 8.12. The summed E-state index contributed by atoms with van der Waals surface area (Å²) in [5, 5.41) is 12.4. The zero-order valence-corrected chi connectivity index (χ0v) is 20.3. The van der Waals surface area contributed by atoms with Gasteiger partial charge < -0.3 is 20.1 Å². The minimum absolute atomic E-state index is 0.0416. The summed E-state index contributed by atoms with van der Waals surface area (Å²) >= 11 is 0. The molecule has 1 unspecified atom stereocenters. The number of ether oxygens (including phenoxy) is 1. The Labute approximate surface area is 205 Å². The number of carbonyl (C=O) groups is 3. The summed E-state index contributed by atoms with van der Waals surface area (Å²) in [6, 6.07) is 16.3. The number of rotatable bonds is 6. The van der Waals surface area contributed by atoms with Crippen molar-refractivity contribution in [3.05, 3.63) is 59.7 Å². The number of nitrogens with zero attached hydrogens (tertiary/aromatic N) is 1. The molecule has 184 valence electrons. The van der Waals surface area contributed by atoms with Crippen LogP contribution in [0, 0.1) is 11.3 Å². The van der Waals surface area contributed by atoms with Gasteiger partial charge in [-0.05, 0) is 67.7 Å². The maximum Gasteiger partial charge on any atom is 0.408 e. The molecule has 7 nitrogen and oxygen atoms in total. The smallest absolute Gasteiger partial charge is 0.408 e. The Morgan fingerprint density at radius 1 is 1.06 bits per heavy atom. The summed E-state index contributed by atoms with van der Waals surface area (Å²) in [7, 11) is 0. The molecular weight excluding hydrogens is 444 g/mol. The molecule has 2 aliphatic carbocycles. The van der Waals surface area contributed by atoms with Gasteiger partial charge in [-0.25, -0.2) is 4.79 Å². The van der Waals surface area contributed by atoms with E-state index in [0.29, 0.717) is 25.9 Å². The highest BCUT2D eigenvalue weighted by atomic mass is 16.5. The molecular formula is C28H32N2O5. The number of carbonyl (C=O) groups excluding carboxylic acids is 2. The second kappa shape index (κ2) is 8.70. The number of benzene rings is 2. The summed E-state index contributed by atoms with van der Waals surface area (Å²) < 4.78 is 5.66. The second-order valence-electron chi connectivity index (χ2n) is 10.6. The number of hydrogen-bond donors (Lipinski definition) is 2. The lowest BCUT2D eigenvalue weighted by molar-refractivity contribution is -0.153. The molecule has 2 N–H and O–H groups in total. The van der Waals surface area contributed by atoms with Crippen LogP contribution in [0.25, 0.3) is 11.1 Å². The van der Waals surface area contributed by atoms with Gasteiger partial charge in [-0.2, -0.15) is 0 Å². The number of piperidine rings is 1. The van der Waals surface area contributed by atoms with Crippen molar-refractivity contribution in [3.63, 3.8) is 0 Å². The Bertz CT molecular complexity index is 1120. The molecule has 2 fully saturated rings. The first kappa shape index (κ1) is 23.4. The van der Waals surface area contributed by atoms with Gasteiger partial charge in [0.25, 0.3) is 0 Å². The monoisotopic (exact) mass is 476 g/mol. The van der Waals surface area contributed by atoms with Crippen LogP contribution in [0.5, 0.6) is 0 Å². The average molecular weight is 477 g/mol. The zero-order valence-electron chi connectivity index (χ0n) is 20.3. The lowest BCUT2D eigenvalue weighted by Crippen LogP contribution is -2.55. The maximum absolute atomic E-state index is 13.4. The summed E-state index contributed by atoms with van der Waals surface area (Å²) in [6.45, 7) is 4.61. The van der Waals surface area contributed by atoms with E-state index in [2.05, 4.69) is 29.6 Å². The first-order chi connectivity index (χ1) is 16.7. The Kier molecular flexibility index (Phi) is 5.82. The standard InChI is InChI=1S/C28H32N2O5/c1-27(2,25(32)33)18-8-7-15-30(16-18)24(31)28(13-14-28)29-26(34)35-17-23-21-11-5-3-9-19(21)20-10-4-6-12-22(20)23/h3-6,9-12,18,23H,7-8,13-17H2,1-2H3,(H,29,34)(H,32,33). The van der Waals surface area contributed by atoms with E-state index in [9.17, 15) is 19.5 Å². The number of fused-ring (bicyclic) bond motifs is 3. The fourth-order valence-electron chi connectivity index (χ4n) is 5.58. The minimum Gasteiger partial charge on any atom is -0.481 e. The molecule has 0 radical (unpaired) electrons. The van der Waals surface area contributed by atoms with Crippen molar-refractivity contribution in [1.82, 2.24) is 10.2 Å². The Morgan fingerprint density at radius 3 is 2.23 bits per heavy atom. The van der Waals surface area contributed by atoms with Crippen LogP contribution >= 0.6 is 0 Å². The summed E-state index contributed by atoms with van der Waals surface area (Å²) in [5.41, 5.74) is 2.76. The SMILES string of the molecule is CC(C)(C(=O)O)C1CCCN(C(=O)C2(NC(=O)OCC3c4ccccc4-c4ccccc43)CC2)C1. The van der Waals surface area contributed by atoms with Gasteiger partial charge in [0.1, 0.15) is 12.1 Å². The highest BCUT2D eigenvalue weighted by Crippen LogP contribution is 2.45. The van der Waals surface area contributed by atoms with Crippen LogP contribution in [-0.2, 0) is 14.3 Å². The molecule has 2 amide bonds. The molecule has 5 rings (SSSR count). The molecule has 1 saturated carbocycles. The van der Waals surface area contributed by atoms with E-state index >= 15 is 0 Å². The average Bonchev–Trinajstić information content (AvgIpc) is 3.57. The fraction of sp³-hybridized carbons (Fsp3) is 0.464. The molecule has 1 heterocycles. The van der Waals surface area contributed by atoms with Crippen molar-refractivity contribution < 1.29 is 24.2 Å². The number of likely N-dealkylation sites (tertiary alicyclic amines) is 1. The van der Waals surface area contributed by atoms with E-state index in [1.165, 1.54) is 0 Å². The maximum atomic E-state index is 13.4. The van der Waals surface area contributed by atoms with E-state index in [1.54, 1.807) is 18.7 Å². The molecule has 1 aliphatic heterocycles. The van der Waals surface area contributed by atoms with E-state index in [1.807, 2.05) is 24.3 Å². The first-order valence-electron chi connectivity index (χ1n) is 12.4. The number of aliphatic carboxylic acids is 1. The van der Waals surface area contributed by atoms with Crippen LogP contribution in [-0.4, -0.2) is 53.2 Å². The second-order valence-corrected chi connectivity index (χ2v) is 10.6. The quantitative estimate of drug-likeness (QED) is 0.644. The van der Waals surface area contributed by atoms with Gasteiger partial charge in [-0.15, -0.1) is 0 Å². The van der Waals surface area contributed by atoms with E-state index < -0.39 is 23.0 Å². The van der Waals surface area contributed by atoms with Crippen LogP contribution in [0.4, 0.5) is 4.79 Å². The molecule has 0 spiro atoms. The Balaban J connectivity index is 1.22. The first-order valence-corrected chi connectivity index (χ1v) is 12.4. The third-order valence-corrected chi connectivity index (χ3v) is 8.12. The van der Waals surface area contributed by atoms with E-state index in [4.69, 9.17) is 4.74 Å². The van der Waals surface area contributed by atoms with Gasteiger partial charge >= 0.3 is 12.1 Å². The van der Waals surface area contributed by atoms with Gasteiger partial charge in [0.15, 0.2) is 0 Å². The van der Waals surface area contributed by atoms with Gasteiger partial charge in [0.05, 0.1) is 5.41 Å². The van der Waals surface area contributed by atoms with Gasteiger partial charge in [-0.1, -0.05) is 48.5 Å². The van der Waals surface area contributed by atoms with Gasteiger partial charge in [0, 0.05) is 19.0 Å². The number of amides is 2. The van der Waals surface area contributed by atoms with E-state index in [0.717, 1.165) is 35.1 Å². The molecule has 2 aromatic rings. The van der Waals surface area contributed by atoms with Crippen molar-refractivity contribution in [2.75, 3.05) is 19.7 Å². The largest absolute Gasteiger partial charge is 0.481 e. The zero-order chi connectivity index (χ0) is 24.8. The molecule has 1 atom stereocenters. The summed E-state index contributed by atoms with van der Waals surface area (Å²) in [6.07, 6.45) is 2.08. The van der Waals surface area contributed by atoms with Crippen LogP contribution < -0.4 is 5.32 Å². The molecule has 2 aromatic carbocycles. The van der Waals surface area contributed by atoms with Crippen LogP contribution in [0.2, 0.25) is 0 Å².